The molecular weight excluding hydrogens is 252 g/mol. The number of hydrogen-bond donors (Lipinski definition) is 3. The lowest BCUT2D eigenvalue weighted by Gasteiger charge is -2.00. The highest BCUT2D eigenvalue weighted by Crippen LogP contribution is 2.20. The van der Waals surface area contributed by atoms with Gasteiger partial charge >= 0.3 is 0 Å². The average Bonchev–Trinajstić information content (AvgIpc) is 2.84. The Labute approximate surface area is 107 Å². The van der Waals surface area contributed by atoms with E-state index in [1.54, 1.807) is 0 Å². The minimum atomic E-state index is -0.415. The van der Waals surface area contributed by atoms with Crippen LogP contribution in [0.5, 0.6) is 11.5 Å². The SMILES string of the molecule is O=C(Cn1cnnn1)N/N=C/c1ccc(O)cc1O. The Balaban J connectivity index is 1.91. The van der Waals surface area contributed by atoms with Gasteiger partial charge in [-0.05, 0) is 22.6 Å². The number of hydrazone groups is 1. The highest BCUT2D eigenvalue weighted by molar-refractivity contribution is 5.85. The third kappa shape index (κ3) is 3.49. The molecule has 0 unspecified atom stereocenters. The number of aromatic nitrogens is 4. The van der Waals surface area contributed by atoms with Gasteiger partial charge in [0.25, 0.3) is 5.91 Å². The second kappa shape index (κ2) is 5.58. The Morgan fingerprint density at radius 1 is 1.47 bits per heavy atom. The van der Waals surface area contributed by atoms with E-state index in [-0.39, 0.29) is 18.0 Å². The number of amides is 1. The summed E-state index contributed by atoms with van der Waals surface area (Å²) in [5, 5.41) is 32.5. The molecule has 2 aromatic rings. The Kier molecular flexibility index (Phi) is 3.67. The van der Waals surface area contributed by atoms with Gasteiger partial charge in [0.05, 0.1) is 6.21 Å². The zero-order chi connectivity index (χ0) is 13.7. The summed E-state index contributed by atoms with van der Waals surface area (Å²) in [6.07, 6.45) is 2.56. The van der Waals surface area contributed by atoms with Gasteiger partial charge < -0.3 is 10.2 Å². The van der Waals surface area contributed by atoms with E-state index in [9.17, 15) is 9.90 Å². The van der Waals surface area contributed by atoms with Gasteiger partial charge in [0, 0.05) is 11.6 Å². The van der Waals surface area contributed by atoms with Crippen molar-refractivity contribution in [3.05, 3.63) is 30.1 Å². The van der Waals surface area contributed by atoms with Crippen LogP contribution >= 0.6 is 0 Å². The van der Waals surface area contributed by atoms with Crippen molar-refractivity contribution in [2.75, 3.05) is 0 Å². The number of benzene rings is 1. The first-order valence-electron chi connectivity index (χ1n) is 5.20. The van der Waals surface area contributed by atoms with E-state index in [0.717, 1.165) is 0 Å². The van der Waals surface area contributed by atoms with E-state index in [1.165, 1.54) is 35.4 Å². The molecule has 0 aliphatic carbocycles. The summed E-state index contributed by atoms with van der Waals surface area (Å²) >= 11 is 0. The lowest BCUT2D eigenvalue weighted by Crippen LogP contribution is -2.23. The third-order valence-electron chi connectivity index (χ3n) is 2.10. The van der Waals surface area contributed by atoms with Crippen LogP contribution in [0.25, 0.3) is 0 Å². The van der Waals surface area contributed by atoms with Gasteiger partial charge in [-0.1, -0.05) is 0 Å². The van der Waals surface area contributed by atoms with E-state index in [4.69, 9.17) is 5.11 Å². The Morgan fingerprint density at radius 2 is 2.32 bits per heavy atom. The van der Waals surface area contributed by atoms with Gasteiger partial charge in [-0.15, -0.1) is 5.10 Å². The zero-order valence-electron chi connectivity index (χ0n) is 9.63. The van der Waals surface area contributed by atoms with Crippen molar-refractivity contribution in [1.29, 1.82) is 0 Å². The highest BCUT2D eigenvalue weighted by atomic mass is 16.3. The van der Waals surface area contributed by atoms with Crippen LogP contribution in [0, 0.1) is 0 Å². The summed E-state index contributed by atoms with van der Waals surface area (Å²) in [5.41, 5.74) is 2.61. The summed E-state index contributed by atoms with van der Waals surface area (Å²) in [6.45, 7) is -0.0636. The summed E-state index contributed by atoms with van der Waals surface area (Å²) < 4.78 is 1.24. The lowest BCUT2D eigenvalue weighted by molar-refractivity contribution is -0.121. The Morgan fingerprint density at radius 3 is 3.00 bits per heavy atom. The van der Waals surface area contributed by atoms with Gasteiger partial charge in [-0.3, -0.25) is 4.79 Å². The van der Waals surface area contributed by atoms with Crippen LogP contribution in [0.1, 0.15) is 5.56 Å². The number of aromatic hydroxyl groups is 2. The molecule has 0 atom stereocenters. The van der Waals surface area contributed by atoms with E-state index in [0.29, 0.717) is 5.56 Å². The highest BCUT2D eigenvalue weighted by Gasteiger charge is 2.02. The molecule has 98 valence electrons. The van der Waals surface area contributed by atoms with E-state index in [2.05, 4.69) is 26.1 Å². The quantitative estimate of drug-likeness (QED) is 0.491. The third-order valence-corrected chi connectivity index (χ3v) is 2.10. The van der Waals surface area contributed by atoms with Gasteiger partial charge in [0.1, 0.15) is 24.4 Å². The standard InChI is InChI=1S/C10H10N6O3/c17-8-2-1-7(9(18)3-8)4-11-13-10(19)5-16-6-12-14-15-16/h1-4,6,17-18H,5H2,(H,13,19)/b11-4+. The number of nitrogens with one attached hydrogen (secondary N) is 1. The maximum Gasteiger partial charge on any atom is 0.261 e. The van der Waals surface area contributed by atoms with Gasteiger partial charge in [-0.25, -0.2) is 10.1 Å². The summed E-state index contributed by atoms with van der Waals surface area (Å²) in [5.74, 6) is -0.613. The first kappa shape index (κ1) is 12.5. The van der Waals surface area contributed by atoms with Crippen LogP contribution in [0.15, 0.2) is 29.6 Å². The predicted molar refractivity (Wildman–Crippen MR) is 63.3 cm³/mol. The van der Waals surface area contributed by atoms with Crippen LogP contribution in [0.2, 0.25) is 0 Å². The molecule has 9 nitrogen and oxygen atoms in total. The molecule has 0 saturated carbocycles. The minimum absolute atomic E-state index is 0.0580. The maximum atomic E-state index is 11.4. The Bertz CT molecular complexity index is 595. The fraction of sp³-hybridized carbons (Fsp3) is 0.100. The molecule has 0 bridgehead atoms. The Hall–Kier alpha value is -2.97. The molecule has 0 saturated heterocycles. The van der Waals surface area contributed by atoms with Crippen molar-refractivity contribution in [3.8, 4) is 11.5 Å². The number of nitrogens with zero attached hydrogens (tertiary/aromatic N) is 5. The largest absolute Gasteiger partial charge is 0.508 e. The number of carbonyl (C=O) groups is 1. The monoisotopic (exact) mass is 262 g/mol. The molecule has 19 heavy (non-hydrogen) atoms. The van der Waals surface area contributed by atoms with Crippen LogP contribution in [0.3, 0.4) is 0 Å². The molecule has 1 heterocycles. The zero-order valence-corrected chi connectivity index (χ0v) is 9.63. The first-order valence-corrected chi connectivity index (χ1v) is 5.20. The van der Waals surface area contributed by atoms with Gasteiger partial charge in [0.15, 0.2) is 0 Å². The van der Waals surface area contributed by atoms with Crippen LogP contribution in [-0.2, 0) is 11.3 Å². The predicted octanol–water partition coefficient (Wildman–Crippen LogP) is -0.765. The van der Waals surface area contributed by atoms with E-state index < -0.39 is 5.91 Å². The number of tetrazole rings is 1. The van der Waals surface area contributed by atoms with Gasteiger partial charge in [0.2, 0.25) is 0 Å². The number of rotatable bonds is 4. The minimum Gasteiger partial charge on any atom is -0.508 e. The second-order valence-electron chi connectivity index (χ2n) is 3.54. The maximum absolute atomic E-state index is 11.4. The van der Waals surface area contributed by atoms with Crippen molar-refractivity contribution in [1.82, 2.24) is 25.6 Å². The molecule has 1 amide bonds. The number of phenolic OH excluding ortho intramolecular Hbond substituents is 2. The lowest BCUT2D eigenvalue weighted by atomic mass is 10.2. The summed E-state index contributed by atoms with van der Waals surface area (Å²) in [4.78, 5) is 11.4. The van der Waals surface area contributed by atoms with E-state index >= 15 is 0 Å². The normalized spacial score (nSPS) is 10.7. The molecule has 9 heteroatoms. The van der Waals surface area contributed by atoms with Crippen molar-refractivity contribution in [2.45, 2.75) is 6.54 Å². The molecule has 1 aromatic heterocycles. The van der Waals surface area contributed by atoms with Crippen LogP contribution in [0.4, 0.5) is 0 Å². The topological polar surface area (TPSA) is 126 Å². The van der Waals surface area contributed by atoms with Crippen molar-refractivity contribution in [3.63, 3.8) is 0 Å². The molecule has 0 radical (unpaired) electrons. The smallest absolute Gasteiger partial charge is 0.261 e. The molecule has 0 spiro atoms. The molecular formula is C10H10N6O3. The average molecular weight is 262 g/mol. The van der Waals surface area contributed by atoms with E-state index in [1.807, 2.05) is 0 Å². The first-order chi connectivity index (χ1) is 9.15. The molecule has 0 aliphatic rings. The van der Waals surface area contributed by atoms with Crippen molar-refractivity contribution in [2.24, 2.45) is 5.10 Å². The molecule has 1 aromatic carbocycles. The van der Waals surface area contributed by atoms with Crippen LogP contribution < -0.4 is 5.43 Å². The molecule has 0 fully saturated rings. The van der Waals surface area contributed by atoms with Crippen molar-refractivity contribution >= 4 is 12.1 Å². The number of carbonyl (C=O) groups excluding carboxylic acids is 1. The number of hydrogen-bond acceptors (Lipinski definition) is 7. The molecule has 3 N–H and O–H groups in total. The van der Waals surface area contributed by atoms with Crippen LogP contribution in [-0.4, -0.2) is 42.5 Å². The molecule has 0 aliphatic heterocycles. The fourth-order valence-electron chi connectivity index (χ4n) is 1.25. The second-order valence-corrected chi connectivity index (χ2v) is 3.54. The van der Waals surface area contributed by atoms with Crippen molar-refractivity contribution < 1.29 is 15.0 Å². The summed E-state index contributed by atoms with van der Waals surface area (Å²) in [6, 6.07) is 4.02. The fourth-order valence-corrected chi connectivity index (χ4v) is 1.25. The number of phenols is 2. The molecule has 2 rings (SSSR count). The van der Waals surface area contributed by atoms with Gasteiger partial charge in [-0.2, -0.15) is 5.10 Å². The summed E-state index contributed by atoms with van der Waals surface area (Å²) in [7, 11) is 0.